The van der Waals surface area contributed by atoms with Crippen LogP contribution in [0, 0.1) is 12.7 Å². The van der Waals surface area contributed by atoms with E-state index in [9.17, 15) is 14.0 Å². The molecule has 0 bridgehead atoms. The van der Waals surface area contributed by atoms with E-state index < -0.39 is 11.9 Å². The number of ether oxygens (including phenoxy) is 1. The van der Waals surface area contributed by atoms with Crippen LogP contribution in [0.15, 0.2) is 30.3 Å². The SMILES string of the molecule is CCOC(=O)c1cc(-c2ccc(F)cc2)n(CC(=O)O)c1C. The van der Waals surface area contributed by atoms with Crippen LogP contribution in [0.25, 0.3) is 11.3 Å². The van der Waals surface area contributed by atoms with Gasteiger partial charge in [-0.15, -0.1) is 0 Å². The molecule has 0 radical (unpaired) electrons. The number of esters is 1. The number of carboxylic acid groups (broad SMARTS) is 1. The molecule has 0 aliphatic carbocycles. The Labute approximate surface area is 126 Å². The number of carbonyl (C=O) groups is 2. The Kier molecular flexibility index (Phi) is 4.60. The summed E-state index contributed by atoms with van der Waals surface area (Å²) in [5.41, 5.74) is 1.96. The maximum Gasteiger partial charge on any atom is 0.339 e. The van der Waals surface area contributed by atoms with Crippen LogP contribution in [0.3, 0.4) is 0 Å². The second kappa shape index (κ2) is 6.43. The number of hydrogen-bond acceptors (Lipinski definition) is 3. The molecule has 2 rings (SSSR count). The van der Waals surface area contributed by atoms with Gasteiger partial charge in [0.2, 0.25) is 0 Å². The number of aromatic nitrogens is 1. The molecule has 6 heteroatoms. The third-order valence-electron chi connectivity index (χ3n) is 3.30. The van der Waals surface area contributed by atoms with Gasteiger partial charge in [-0.1, -0.05) is 0 Å². The summed E-state index contributed by atoms with van der Waals surface area (Å²) in [5, 5.41) is 9.06. The molecular weight excluding hydrogens is 289 g/mol. The number of aliphatic carboxylic acids is 1. The Morgan fingerprint density at radius 1 is 1.27 bits per heavy atom. The van der Waals surface area contributed by atoms with Crippen molar-refractivity contribution in [1.82, 2.24) is 4.57 Å². The average Bonchev–Trinajstić information content (AvgIpc) is 2.77. The van der Waals surface area contributed by atoms with E-state index >= 15 is 0 Å². The lowest BCUT2D eigenvalue weighted by Gasteiger charge is -2.09. The van der Waals surface area contributed by atoms with E-state index in [0.717, 1.165) is 0 Å². The minimum Gasteiger partial charge on any atom is -0.480 e. The van der Waals surface area contributed by atoms with E-state index in [1.807, 2.05) is 0 Å². The van der Waals surface area contributed by atoms with Gasteiger partial charge in [0.25, 0.3) is 0 Å². The molecule has 22 heavy (non-hydrogen) atoms. The lowest BCUT2D eigenvalue weighted by atomic mass is 10.1. The standard InChI is InChI=1S/C16H16FNO4/c1-3-22-16(21)13-8-14(11-4-6-12(17)7-5-11)18(10(13)2)9-15(19)20/h4-8H,3,9H2,1-2H3,(H,19,20). The number of hydrogen-bond donors (Lipinski definition) is 1. The molecule has 0 spiro atoms. The van der Waals surface area contributed by atoms with Crippen molar-refractivity contribution in [3.05, 3.63) is 47.4 Å². The fourth-order valence-corrected chi connectivity index (χ4v) is 2.26. The molecule has 1 aromatic carbocycles. The molecule has 116 valence electrons. The van der Waals surface area contributed by atoms with Crippen molar-refractivity contribution in [2.24, 2.45) is 0 Å². The molecule has 0 atom stereocenters. The second-order valence-electron chi connectivity index (χ2n) is 4.74. The summed E-state index contributed by atoms with van der Waals surface area (Å²) >= 11 is 0. The Morgan fingerprint density at radius 3 is 2.45 bits per heavy atom. The Hall–Kier alpha value is -2.63. The molecule has 0 unspecified atom stereocenters. The van der Waals surface area contributed by atoms with E-state index in [4.69, 9.17) is 9.84 Å². The first-order valence-electron chi connectivity index (χ1n) is 6.79. The van der Waals surface area contributed by atoms with Crippen LogP contribution >= 0.6 is 0 Å². The largest absolute Gasteiger partial charge is 0.480 e. The third kappa shape index (κ3) is 3.16. The van der Waals surface area contributed by atoms with E-state index in [2.05, 4.69) is 0 Å². The highest BCUT2D eigenvalue weighted by Gasteiger charge is 2.20. The summed E-state index contributed by atoms with van der Waals surface area (Å²) in [5.74, 6) is -1.92. The Bertz CT molecular complexity index is 704. The summed E-state index contributed by atoms with van der Waals surface area (Å²) < 4.78 is 19.5. The summed E-state index contributed by atoms with van der Waals surface area (Å²) in [4.78, 5) is 23.0. The van der Waals surface area contributed by atoms with Gasteiger partial charge in [0.1, 0.15) is 12.4 Å². The van der Waals surface area contributed by atoms with Crippen LogP contribution in [0.5, 0.6) is 0 Å². The van der Waals surface area contributed by atoms with Crippen LogP contribution in [-0.4, -0.2) is 28.2 Å². The van der Waals surface area contributed by atoms with E-state index in [1.54, 1.807) is 19.9 Å². The molecule has 0 saturated heterocycles. The first-order valence-corrected chi connectivity index (χ1v) is 6.79. The van der Waals surface area contributed by atoms with Crippen molar-refractivity contribution in [3.63, 3.8) is 0 Å². The lowest BCUT2D eigenvalue weighted by Crippen LogP contribution is -2.13. The Morgan fingerprint density at radius 2 is 1.91 bits per heavy atom. The van der Waals surface area contributed by atoms with E-state index in [0.29, 0.717) is 22.5 Å². The van der Waals surface area contributed by atoms with Gasteiger partial charge in [-0.3, -0.25) is 4.79 Å². The number of carbonyl (C=O) groups excluding carboxylic acids is 1. The minimum atomic E-state index is -1.03. The van der Waals surface area contributed by atoms with E-state index in [1.165, 1.54) is 28.8 Å². The van der Waals surface area contributed by atoms with Crippen LogP contribution in [0.1, 0.15) is 23.0 Å². The van der Waals surface area contributed by atoms with Gasteiger partial charge in [-0.25, -0.2) is 9.18 Å². The lowest BCUT2D eigenvalue weighted by molar-refractivity contribution is -0.137. The van der Waals surface area contributed by atoms with Crippen molar-refractivity contribution < 1.29 is 23.8 Å². The number of halogens is 1. The third-order valence-corrected chi connectivity index (χ3v) is 3.30. The maximum absolute atomic E-state index is 13.1. The molecule has 0 amide bonds. The van der Waals surface area contributed by atoms with Gasteiger partial charge in [0, 0.05) is 11.4 Å². The molecule has 0 aliphatic heterocycles. The highest BCUT2D eigenvalue weighted by atomic mass is 19.1. The van der Waals surface area contributed by atoms with Crippen molar-refractivity contribution in [2.75, 3.05) is 6.61 Å². The van der Waals surface area contributed by atoms with Gasteiger partial charge in [-0.05, 0) is 49.7 Å². The number of carboxylic acids is 1. The van der Waals surface area contributed by atoms with Crippen LogP contribution in [0.4, 0.5) is 4.39 Å². The predicted octanol–water partition coefficient (Wildman–Crippen LogP) is 2.86. The van der Waals surface area contributed by atoms with Crippen molar-refractivity contribution >= 4 is 11.9 Å². The number of nitrogens with zero attached hydrogens (tertiary/aromatic N) is 1. The van der Waals surface area contributed by atoms with Crippen molar-refractivity contribution in [2.45, 2.75) is 20.4 Å². The quantitative estimate of drug-likeness (QED) is 0.862. The molecule has 1 heterocycles. The minimum absolute atomic E-state index is 0.230. The average molecular weight is 305 g/mol. The maximum atomic E-state index is 13.1. The highest BCUT2D eigenvalue weighted by molar-refractivity contribution is 5.93. The van der Waals surface area contributed by atoms with Gasteiger partial charge in [0.05, 0.1) is 12.2 Å². The predicted molar refractivity (Wildman–Crippen MR) is 78.2 cm³/mol. The zero-order valence-electron chi connectivity index (χ0n) is 12.3. The molecule has 2 aromatic rings. The zero-order chi connectivity index (χ0) is 16.3. The second-order valence-corrected chi connectivity index (χ2v) is 4.74. The molecule has 1 aromatic heterocycles. The number of benzene rings is 1. The fourth-order valence-electron chi connectivity index (χ4n) is 2.26. The molecule has 0 saturated carbocycles. The molecule has 1 N–H and O–H groups in total. The first kappa shape index (κ1) is 15.8. The van der Waals surface area contributed by atoms with Gasteiger partial charge in [-0.2, -0.15) is 0 Å². The van der Waals surface area contributed by atoms with Gasteiger partial charge >= 0.3 is 11.9 Å². The molecule has 5 nitrogen and oxygen atoms in total. The van der Waals surface area contributed by atoms with Crippen molar-refractivity contribution in [1.29, 1.82) is 0 Å². The van der Waals surface area contributed by atoms with Crippen LogP contribution < -0.4 is 0 Å². The van der Waals surface area contributed by atoms with Crippen LogP contribution in [0.2, 0.25) is 0 Å². The zero-order valence-corrected chi connectivity index (χ0v) is 12.3. The topological polar surface area (TPSA) is 68.5 Å². The summed E-state index contributed by atoms with van der Waals surface area (Å²) in [6.07, 6.45) is 0. The first-order chi connectivity index (χ1) is 10.4. The van der Waals surface area contributed by atoms with E-state index in [-0.39, 0.29) is 19.0 Å². The van der Waals surface area contributed by atoms with Crippen LogP contribution in [-0.2, 0) is 16.1 Å². The normalized spacial score (nSPS) is 10.5. The smallest absolute Gasteiger partial charge is 0.339 e. The van der Waals surface area contributed by atoms with Crippen molar-refractivity contribution in [3.8, 4) is 11.3 Å². The fraction of sp³-hybridized carbons (Fsp3) is 0.250. The number of rotatable bonds is 5. The highest BCUT2D eigenvalue weighted by Crippen LogP contribution is 2.26. The monoisotopic (exact) mass is 305 g/mol. The molecule has 0 aliphatic rings. The Balaban J connectivity index is 2.55. The van der Waals surface area contributed by atoms with Gasteiger partial charge < -0.3 is 14.4 Å². The molecular formula is C16H16FNO4. The summed E-state index contributed by atoms with van der Waals surface area (Å²) in [6, 6.07) is 7.22. The summed E-state index contributed by atoms with van der Waals surface area (Å²) in [6.45, 7) is 3.29. The van der Waals surface area contributed by atoms with Gasteiger partial charge in [0.15, 0.2) is 0 Å². The summed E-state index contributed by atoms with van der Waals surface area (Å²) in [7, 11) is 0. The molecule has 0 fully saturated rings.